The molecule has 0 unspecified atom stereocenters. The Morgan fingerprint density at radius 1 is 1.07 bits per heavy atom. The summed E-state index contributed by atoms with van der Waals surface area (Å²) in [5.41, 5.74) is 2.30. The number of hydrogen-bond donors (Lipinski definition) is 0. The highest BCUT2D eigenvalue weighted by molar-refractivity contribution is 6.32. The third kappa shape index (κ3) is 6.61. The fraction of sp³-hybridized carbons (Fsp3) is 0.333. The fourth-order valence-electron chi connectivity index (χ4n) is 5.17. The lowest BCUT2D eigenvalue weighted by molar-refractivity contribution is -0.0489. The summed E-state index contributed by atoms with van der Waals surface area (Å²) in [5.74, 6) is 0.128. The second-order valence-electron chi connectivity index (χ2n) is 10.1. The van der Waals surface area contributed by atoms with Gasteiger partial charge in [-0.05, 0) is 73.8 Å². The number of rotatable bonds is 9. The van der Waals surface area contributed by atoms with E-state index in [0.29, 0.717) is 39.2 Å². The van der Waals surface area contributed by atoms with Gasteiger partial charge < -0.3 is 18.8 Å². The van der Waals surface area contributed by atoms with Gasteiger partial charge in [-0.1, -0.05) is 35.3 Å². The molecule has 12 heteroatoms. The average Bonchev–Trinajstić information content (AvgIpc) is 3.28. The lowest BCUT2D eigenvalue weighted by Gasteiger charge is -2.32. The predicted molar refractivity (Wildman–Crippen MR) is 153 cm³/mol. The van der Waals surface area contributed by atoms with Crippen LogP contribution in [0.2, 0.25) is 10.0 Å². The van der Waals surface area contributed by atoms with Crippen molar-refractivity contribution < 1.29 is 32.2 Å². The van der Waals surface area contributed by atoms with Crippen LogP contribution in [0, 0.1) is 5.82 Å². The lowest BCUT2D eigenvalue weighted by Crippen LogP contribution is -2.33. The minimum Gasteiger partial charge on any atom is -0.487 e. The van der Waals surface area contributed by atoms with Gasteiger partial charge in [0.1, 0.15) is 29.5 Å². The van der Waals surface area contributed by atoms with Crippen LogP contribution in [0.3, 0.4) is 0 Å². The van der Waals surface area contributed by atoms with Gasteiger partial charge in [0.25, 0.3) is 0 Å². The predicted octanol–water partition coefficient (Wildman–Crippen LogP) is 7.37. The molecular weight excluding hydrogens is 594 g/mol. The number of esters is 1. The van der Waals surface area contributed by atoms with Crippen molar-refractivity contribution >= 4 is 40.2 Å². The summed E-state index contributed by atoms with van der Waals surface area (Å²) in [6.45, 7) is -1.01. The van der Waals surface area contributed by atoms with Gasteiger partial charge in [-0.3, -0.25) is 4.90 Å². The molecule has 1 fully saturated rings. The Hall–Kier alpha value is -3.47. The first kappa shape index (κ1) is 30.0. The summed E-state index contributed by atoms with van der Waals surface area (Å²) in [5, 5.41) is 0.759. The molecule has 0 bridgehead atoms. The Bertz CT molecular complexity index is 1610. The van der Waals surface area contributed by atoms with E-state index in [1.54, 1.807) is 35.9 Å². The molecule has 7 nitrogen and oxygen atoms in total. The molecule has 1 aliphatic rings. The molecule has 1 saturated heterocycles. The van der Waals surface area contributed by atoms with Crippen molar-refractivity contribution in [3.63, 3.8) is 0 Å². The van der Waals surface area contributed by atoms with Crippen LogP contribution in [-0.2, 0) is 24.9 Å². The minimum atomic E-state index is -3.07. The molecule has 0 aliphatic carbocycles. The normalized spacial score (nSPS) is 14.5. The van der Waals surface area contributed by atoms with Crippen LogP contribution >= 0.6 is 23.2 Å². The zero-order chi connectivity index (χ0) is 30.0. The number of aryl methyl sites for hydroxylation is 1. The quantitative estimate of drug-likeness (QED) is 0.182. The maximum absolute atomic E-state index is 14.2. The third-order valence-electron chi connectivity index (χ3n) is 7.46. The van der Waals surface area contributed by atoms with Gasteiger partial charge in [0, 0.05) is 17.6 Å². The Morgan fingerprint density at radius 3 is 2.52 bits per heavy atom. The molecule has 3 aromatic carbocycles. The van der Waals surface area contributed by atoms with Crippen LogP contribution in [0.15, 0.2) is 48.5 Å². The molecule has 0 radical (unpaired) electrons. The lowest BCUT2D eigenvalue weighted by atomic mass is 9.89. The molecule has 1 aromatic heterocycles. The molecule has 4 aromatic rings. The highest BCUT2D eigenvalue weighted by Gasteiger charge is 2.25. The number of hydrogen-bond acceptors (Lipinski definition) is 6. The number of carbonyl (C=O) groups is 1. The summed E-state index contributed by atoms with van der Waals surface area (Å²) in [6, 6.07) is 12.9. The van der Waals surface area contributed by atoms with Gasteiger partial charge in [-0.2, -0.15) is 8.78 Å². The van der Waals surface area contributed by atoms with Crippen molar-refractivity contribution in [2.45, 2.75) is 38.5 Å². The molecule has 0 N–H and O–H groups in total. The first-order valence-corrected chi connectivity index (χ1v) is 14.0. The summed E-state index contributed by atoms with van der Waals surface area (Å²) in [6.07, 6.45) is 1.73. The van der Waals surface area contributed by atoms with Crippen LogP contribution in [-0.4, -0.2) is 47.2 Å². The summed E-state index contributed by atoms with van der Waals surface area (Å²) < 4.78 is 57.5. The van der Waals surface area contributed by atoms with Gasteiger partial charge in [-0.15, -0.1) is 0 Å². The Kier molecular flexibility index (Phi) is 9.15. The van der Waals surface area contributed by atoms with E-state index >= 15 is 0 Å². The van der Waals surface area contributed by atoms with Crippen LogP contribution in [0.25, 0.3) is 11.0 Å². The van der Waals surface area contributed by atoms with E-state index < -0.39 is 18.4 Å². The number of aromatic nitrogens is 2. The molecule has 0 spiro atoms. The molecule has 42 heavy (non-hydrogen) atoms. The average molecular weight is 622 g/mol. The number of likely N-dealkylation sites (tertiary alicyclic amines) is 1. The standard InChI is InChI=1S/C30H28Cl2F3N3O4/c1-37-24-11-20(29(39)40-2)13-26(42-30(34)35)28(24)36-27(37)15-38-9-7-17(8-10-38)18-4-6-22(32)25(12-18)41-16-19-3-5-21(31)14-23(19)33/h3-6,11-14,17,30H,7-10,15-16H2,1-2H3. The maximum Gasteiger partial charge on any atom is 0.387 e. The Labute approximate surface area is 250 Å². The second-order valence-corrected chi connectivity index (χ2v) is 10.9. The van der Waals surface area contributed by atoms with Crippen LogP contribution < -0.4 is 9.47 Å². The van der Waals surface area contributed by atoms with Crippen LogP contribution in [0.5, 0.6) is 11.5 Å². The SMILES string of the molecule is COC(=O)c1cc(OC(F)F)c2nc(CN3CCC(c4ccc(Cl)c(OCc5ccc(Cl)cc5F)c4)CC3)n(C)c2c1. The molecule has 0 saturated carbocycles. The fourth-order valence-corrected chi connectivity index (χ4v) is 5.50. The number of ether oxygens (including phenoxy) is 3. The highest BCUT2D eigenvalue weighted by atomic mass is 35.5. The second kappa shape index (κ2) is 12.8. The number of fused-ring (bicyclic) bond motifs is 1. The molecular formula is C30H28Cl2F3N3O4. The Morgan fingerprint density at radius 2 is 1.83 bits per heavy atom. The number of piperidine rings is 1. The van der Waals surface area contributed by atoms with E-state index in [4.69, 9.17) is 32.7 Å². The van der Waals surface area contributed by atoms with E-state index in [2.05, 4.69) is 14.6 Å². The number of alkyl halides is 2. The van der Waals surface area contributed by atoms with Gasteiger partial charge >= 0.3 is 12.6 Å². The molecule has 1 aliphatic heterocycles. The van der Waals surface area contributed by atoms with Crippen LogP contribution in [0.1, 0.15) is 46.1 Å². The van der Waals surface area contributed by atoms with Crippen LogP contribution in [0.4, 0.5) is 13.2 Å². The summed E-state index contributed by atoms with van der Waals surface area (Å²) in [4.78, 5) is 18.9. The number of imidazole rings is 1. The topological polar surface area (TPSA) is 65.8 Å². The van der Waals surface area contributed by atoms with Crippen molar-refractivity contribution in [2.75, 3.05) is 20.2 Å². The van der Waals surface area contributed by atoms with Gasteiger partial charge in [-0.25, -0.2) is 14.2 Å². The molecule has 0 atom stereocenters. The smallest absolute Gasteiger partial charge is 0.387 e. The number of halogens is 5. The minimum absolute atomic E-state index is 0.0217. The van der Waals surface area contributed by atoms with Crippen molar-refractivity contribution in [1.29, 1.82) is 0 Å². The first-order valence-electron chi connectivity index (χ1n) is 13.2. The van der Waals surface area contributed by atoms with Gasteiger partial charge in [0.2, 0.25) is 0 Å². The summed E-state index contributed by atoms with van der Waals surface area (Å²) >= 11 is 12.2. The highest BCUT2D eigenvalue weighted by Crippen LogP contribution is 2.35. The van der Waals surface area contributed by atoms with E-state index in [9.17, 15) is 18.0 Å². The Balaban J connectivity index is 1.26. The maximum atomic E-state index is 14.2. The van der Waals surface area contributed by atoms with E-state index in [-0.39, 0.29) is 29.4 Å². The largest absolute Gasteiger partial charge is 0.487 e. The zero-order valence-corrected chi connectivity index (χ0v) is 24.4. The van der Waals surface area contributed by atoms with Gasteiger partial charge in [0.15, 0.2) is 5.75 Å². The zero-order valence-electron chi connectivity index (χ0n) is 22.9. The van der Waals surface area contributed by atoms with Gasteiger partial charge in [0.05, 0.1) is 29.8 Å². The monoisotopic (exact) mass is 621 g/mol. The molecule has 2 heterocycles. The number of nitrogens with zero attached hydrogens (tertiary/aromatic N) is 3. The van der Waals surface area contributed by atoms with E-state index in [1.165, 1.54) is 19.2 Å². The molecule has 222 valence electrons. The van der Waals surface area contributed by atoms with Crippen molar-refractivity contribution in [3.8, 4) is 11.5 Å². The number of benzene rings is 3. The number of methoxy groups -OCH3 is 1. The van der Waals surface area contributed by atoms with E-state index in [1.807, 2.05) is 12.1 Å². The third-order valence-corrected chi connectivity index (χ3v) is 8.01. The number of carbonyl (C=O) groups excluding carboxylic acids is 1. The first-order chi connectivity index (χ1) is 20.1. The van der Waals surface area contributed by atoms with Crippen molar-refractivity contribution in [3.05, 3.63) is 86.9 Å². The van der Waals surface area contributed by atoms with Crippen molar-refractivity contribution in [1.82, 2.24) is 14.5 Å². The van der Waals surface area contributed by atoms with E-state index in [0.717, 1.165) is 31.5 Å². The molecule has 0 amide bonds. The molecule has 5 rings (SSSR count). The van der Waals surface area contributed by atoms with Crippen molar-refractivity contribution in [2.24, 2.45) is 7.05 Å². The summed E-state index contributed by atoms with van der Waals surface area (Å²) in [7, 11) is 2.99.